The van der Waals surface area contributed by atoms with E-state index in [0.717, 1.165) is 28.9 Å². The average molecular weight is 406 g/mol. The molecule has 1 saturated heterocycles. The number of aromatic hydroxyl groups is 1. The molecule has 8 heteroatoms. The Morgan fingerprint density at radius 1 is 1.03 bits per heavy atom. The van der Waals surface area contributed by atoms with Gasteiger partial charge in [0.1, 0.15) is 5.56 Å². The van der Waals surface area contributed by atoms with Crippen molar-refractivity contribution in [2.75, 3.05) is 31.2 Å². The highest BCUT2D eigenvalue weighted by atomic mass is 16.5. The van der Waals surface area contributed by atoms with Crippen LogP contribution in [0.1, 0.15) is 11.1 Å². The van der Waals surface area contributed by atoms with E-state index in [4.69, 9.17) is 4.74 Å². The zero-order valence-electron chi connectivity index (χ0n) is 16.3. The van der Waals surface area contributed by atoms with Crippen LogP contribution in [0.25, 0.3) is 0 Å². The van der Waals surface area contributed by atoms with Gasteiger partial charge in [-0.25, -0.2) is 4.79 Å². The Balaban J connectivity index is 1.58. The highest BCUT2D eigenvalue weighted by molar-refractivity contribution is 5.84. The monoisotopic (exact) mass is 406 g/mol. The Kier molecular flexibility index (Phi) is 5.76. The molecule has 3 aromatic rings. The number of nitrogens with zero attached hydrogens (tertiary/aromatic N) is 3. The summed E-state index contributed by atoms with van der Waals surface area (Å²) in [5.41, 5.74) is 1.11. The number of benzene rings is 2. The van der Waals surface area contributed by atoms with Gasteiger partial charge in [0.2, 0.25) is 5.88 Å². The van der Waals surface area contributed by atoms with Crippen molar-refractivity contribution in [3.8, 4) is 5.88 Å². The summed E-state index contributed by atoms with van der Waals surface area (Å²) in [6, 6.07) is 16.8. The van der Waals surface area contributed by atoms with E-state index in [2.05, 4.69) is 14.9 Å². The van der Waals surface area contributed by atoms with Gasteiger partial charge < -0.3 is 14.7 Å². The molecule has 0 aliphatic carbocycles. The summed E-state index contributed by atoms with van der Waals surface area (Å²) in [4.78, 5) is 33.1. The summed E-state index contributed by atoms with van der Waals surface area (Å²) in [6.45, 7) is 3.24. The minimum atomic E-state index is -0.685. The van der Waals surface area contributed by atoms with Crippen LogP contribution in [0.15, 0.2) is 69.2 Å². The molecule has 1 aliphatic rings. The fourth-order valence-electron chi connectivity index (χ4n) is 3.31. The quantitative estimate of drug-likeness (QED) is 0.630. The molecule has 2 N–H and O–H groups in total. The maximum absolute atomic E-state index is 12.2. The van der Waals surface area contributed by atoms with Gasteiger partial charge in [0.25, 0.3) is 5.56 Å². The fraction of sp³-hybridized carbons (Fsp3) is 0.227. The minimum absolute atomic E-state index is 0.0669. The standard InChI is InChI=1S/C22H22N4O4/c27-20-19(21(28)26(22(29)24-20)15-16-4-2-1-3-5-16)14-23-17-6-8-18(9-7-17)25-10-12-30-13-11-25/h1-9,14,28H,10-13,15H2,(H,24,27,29). The Bertz CT molecular complexity index is 1140. The smallest absolute Gasteiger partial charge is 0.331 e. The number of morpholine rings is 1. The predicted molar refractivity (Wildman–Crippen MR) is 115 cm³/mol. The van der Waals surface area contributed by atoms with Crippen molar-refractivity contribution in [3.05, 3.63) is 86.6 Å². The summed E-state index contributed by atoms with van der Waals surface area (Å²) in [7, 11) is 0. The molecular weight excluding hydrogens is 384 g/mol. The Labute approximate surface area is 172 Å². The minimum Gasteiger partial charge on any atom is -0.494 e. The third kappa shape index (κ3) is 4.33. The molecule has 30 heavy (non-hydrogen) atoms. The molecule has 0 bridgehead atoms. The molecule has 1 fully saturated rings. The van der Waals surface area contributed by atoms with E-state index < -0.39 is 17.1 Å². The number of H-pyrrole nitrogens is 1. The summed E-state index contributed by atoms with van der Waals surface area (Å²) in [6.07, 6.45) is 1.28. The van der Waals surface area contributed by atoms with Crippen molar-refractivity contribution in [2.24, 2.45) is 4.99 Å². The normalized spacial score (nSPS) is 14.3. The first-order valence-corrected chi connectivity index (χ1v) is 9.68. The van der Waals surface area contributed by atoms with Crippen molar-refractivity contribution < 1.29 is 9.84 Å². The average Bonchev–Trinajstić information content (AvgIpc) is 2.78. The number of ether oxygens (including phenoxy) is 1. The highest BCUT2D eigenvalue weighted by Crippen LogP contribution is 2.21. The molecular formula is C22H22N4O4. The van der Waals surface area contributed by atoms with E-state index >= 15 is 0 Å². The van der Waals surface area contributed by atoms with Crippen LogP contribution in [0.2, 0.25) is 0 Å². The fourth-order valence-corrected chi connectivity index (χ4v) is 3.31. The van der Waals surface area contributed by atoms with E-state index in [9.17, 15) is 14.7 Å². The van der Waals surface area contributed by atoms with Gasteiger partial charge >= 0.3 is 5.69 Å². The largest absolute Gasteiger partial charge is 0.494 e. The van der Waals surface area contributed by atoms with Crippen molar-refractivity contribution in [3.63, 3.8) is 0 Å². The van der Waals surface area contributed by atoms with Crippen molar-refractivity contribution in [2.45, 2.75) is 6.54 Å². The van der Waals surface area contributed by atoms with Crippen LogP contribution in [-0.4, -0.2) is 47.2 Å². The zero-order chi connectivity index (χ0) is 20.9. The number of hydrogen-bond donors (Lipinski definition) is 2. The van der Waals surface area contributed by atoms with E-state index in [1.807, 2.05) is 54.6 Å². The molecule has 1 aliphatic heterocycles. The van der Waals surface area contributed by atoms with Crippen LogP contribution in [-0.2, 0) is 11.3 Å². The predicted octanol–water partition coefficient (Wildman–Crippen LogP) is 1.88. The SMILES string of the molecule is O=c1[nH]c(=O)n(Cc2ccccc2)c(O)c1C=Nc1ccc(N2CCOCC2)cc1. The van der Waals surface area contributed by atoms with Crippen LogP contribution in [0.5, 0.6) is 5.88 Å². The highest BCUT2D eigenvalue weighted by Gasteiger charge is 2.13. The maximum Gasteiger partial charge on any atom is 0.331 e. The number of rotatable bonds is 5. The van der Waals surface area contributed by atoms with Crippen molar-refractivity contribution in [1.29, 1.82) is 0 Å². The topological polar surface area (TPSA) is 99.9 Å². The van der Waals surface area contributed by atoms with E-state index in [0.29, 0.717) is 18.9 Å². The van der Waals surface area contributed by atoms with E-state index in [-0.39, 0.29) is 12.1 Å². The van der Waals surface area contributed by atoms with Crippen LogP contribution in [0.4, 0.5) is 11.4 Å². The van der Waals surface area contributed by atoms with E-state index in [1.165, 1.54) is 6.21 Å². The Morgan fingerprint density at radius 2 is 1.73 bits per heavy atom. The first-order valence-electron chi connectivity index (χ1n) is 9.68. The lowest BCUT2D eigenvalue weighted by Gasteiger charge is -2.28. The lowest BCUT2D eigenvalue weighted by Crippen LogP contribution is -2.36. The van der Waals surface area contributed by atoms with Gasteiger partial charge in [-0.2, -0.15) is 0 Å². The first kappa shape index (κ1) is 19.7. The molecule has 0 amide bonds. The van der Waals surface area contributed by atoms with Crippen molar-refractivity contribution in [1.82, 2.24) is 9.55 Å². The Hall–Kier alpha value is -3.65. The summed E-state index contributed by atoms with van der Waals surface area (Å²) >= 11 is 0. The van der Waals surface area contributed by atoms with Gasteiger partial charge in [0.15, 0.2) is 0 Å². The van der Waals surface area contributed by atoms with Gasteiger partial charge in [-0.1, -0.05) is 30.3 Å². The van der Waals surface area contributed by atoms with Crippen LogP contribution in [0.3, 0.4) is 0 Å². The molecule has 0 saturated carbocycles. The zero-order valence-corrected chi connectivity index (χ0v) is 16.3. The molecule has 0 atom stereocenters. The maximum atomic E-state index is 12.2. The van der Waals surface area contributed by atoms with Gasteiger partial charge in [0, 0.05) is 25.0 Å². The molecule has 1 aromatic heterocycles. The number of aromatic amines is 1. The lowest BCUT2D eigenvalue weighted by molar-refractivity contribution is 0.122. The molecule has 0 radical (unpaired) electrons. The van der Waals surface area contributed by atoms with Crippen LogP contribution >= 0.6 is 0 Å². The second kappa shape index (κ2) is 8.79. The second-order valence-electron chi connectivity index (χ2n) is 6.94. The number of nitrogens with one attached hydrogen (secondary N) is 1. The number of anilines is 1. The molecule has 2 heterocycles. The van der Waals surface area contributed by atoms with Crippen LogP contribution < -0.4 is 16.1 Å². The molecule has 4 rings (SSSR count). The molecule has 0 unspecified atom stereocenters. The molecule has 2 aromatic carbocycles. The Morgan fingerprint density at radius 3 is 2.43 bits per heavy atom. The summed E-state index contributed by atoms with van der Waals surface area (Å²) in [5, 5.41) is 10.5. The molecule has 0 spiro atoms. The third-order valence-corrected chi connectivity index (χ3v) is 4.96. The first-order chi connectivity index (χ1) is 14.6. The van der Waals surface area contributed by atoms with E-state index in [1.54, 1.807) is 0 Å². The number of hydrogen-bond acceptors (Lipinski definition) is 6. The second-order valence-corrected chi connectivity index (χ2v) is 6.94. The number of aromatic nitrogens is 2. The summed E-state index contributed by atoms with van der Waals surface area (Å²) in [5.74, 6) is -0.415. The number of aliphatic imine (C=N–C) groups is 1. The third-order valence-electron chi connectivity index (χ3n) is 4.96. The summed E-state index contributed by atoms with van der Waals surface area (Å²) < 4.78 is 6.48. The van der Waals surface area contributed by atoms with Gasteiger partial charge in [-0.3, -0.25) is 19.3 Å². The van der Waals surface area contributed by atoms with Crippen LogP contribution in [0, 0.1) is 0 Å². The van der Waals surface area contributed by atoms with Gasteiger partial charge in [-0.05, 0) is 29.8 Å². The van der Waals surface area contributed by atoms with Gasteiger partial charge in [-0.15, -0.1) is 0 Å². The molecule has 8 nitrogen and oxygen atoms in total. The van der Waals surface area contributed by atoms with Gasteiger partial charge in [0.05, 0.1) is 25.4 Å². The lowest BCUT2D eigenvalue weighted by atomic mass is 10.2. The van der Waals surface area contributed by atoms with Crippen molar-refractivity contribution >= 4 is 17.6 Å². The molecule has 154 valence electrons.